The van der Waals surface area contributed by atoms with Crippen molar-refractivity contribution in [2.24, 2.45) is 5.92 Å². The highest BCUT2D eigenvalue weighted by Gasteiger charge is 2.33. The quantitative estimate of drug-likeness (QED) is 0.492. The monoisotopic (exact) mass is 521 g/mol. The van der Waals surface area contributed by atoms with Crippen molar-refractivity contribution in [3.63, 3.8) is 0 Å². The van der Waals surface area contributed by atoms with Crippen LogP contribution in [0.4, 0.5) is 0 Å². The van der Waals surface area contributed by atoms with Crippen molar-refractivity contribution >= 4 is 40.5 Å². The number of amides is 3. The van der Waals surface area contributed by atoms with Gasteiger partial charge in [0.2, 0.25) is 11.8 Å². The van der Waals surface area contributed by atoms with Crippen molar-refractivity contribution in [2.75, 3.05) is 6.54 Å². The summed E-state index contributed by atoms with van der Waals surface area (Å²) in [6.07, 6.45) is 5.90. The van der Waals surface area contributed by atoms with Crippen LogP contribution in [0.1, 0.15) is 64.3 Å². The molecular weight excluding hydrogens is 486 g/mol. The number of ether oxygens (including phenoxy) is 1. The van der Waals surface area contributed by atoms with Gasteiger partial charge in [-0.1, -0.05) is 32.1 Å². The van der Waals surface area contributed by atoms with Gasteiger partial charge >= 0.3 is 5.97 Å². The fourth-order valence-corrected chi connectivity index (χ4v) is 4.61. The number of hydrazine groups is 1. The zero-order valence-corrected chi connectivity index (χ0v) is 22.2. The maximum Gasteiger partial charge on any atom is 0.325 e. The summed E-state index contributed by atoms with van der Waals surface area (Å²) in [6.45, 7) is 7.44. The Kier molecular flexibility index (Phi) is 8.41. The lowest BCUT2D eigenvalue weighted by atomic mass is 10.0. The van der Waals surface area contributed by atoms with Crippen LogP contribution in [0.5, 0.6) is 0 Å². The Hall–Kier alpha value is -3.79. The number of rotatable bonds is 1. The lowest BCUT2D eigenvalue weighted by Gasteiger charge is -2.35. The second-order valence-corrected chi connectivity index (χ2v) is 10.2. The first-order valence-electron chi connectivity index (χ1n) is 13.1. The molecule has 2 aliphatic rings. The van der Waals surface area contributed by atoms with Crippen molar-refractivity contribution in [2.45, 2.75) is 71.2 Å². The maximum absolute atomic E-state index is 13.1. The molecule has 0 spiro atoms. The second-order valence-electron chi connectivity index (χ2n) is 10.2. The highest BCUT2D eigenvalue weighted by atomic mass is 16.5. The van der Waals surface area contributed by atoms with Crippen LogP contribution in [0.2, 0.25) is 0 Å². The normalized spacial score (nSPS) is 26.6. The molecule has 4 rings (SSSR count). The molecular formula is C28H35N5O5. The highest BCUT2D eigenvalue weighted by molar-refractivity contribution is 5.92. The summed E-state index contributed by atoms with van der Waals surface area (Å²) in [5.41, 5.74) is 4.48. The minimum absolute atomic E-state index is 0.0663. The van der Waals surface area contributed by atoms with E-state index in [1.54, 1.807) is 25.3 Å². The SMILES string of the molecule is CC(C)C1NC(=O)C/C=C\c2cc3cc(ccc3cn2)[C@@H](C)OC(=O)[C@@H]2CCCN(N2)C(=O)[C@H](C)NC1=O. The Bertz CT molecular complexity index is 1260. The van der Waals surface area contributed by atoms with E-state index in [-0.39, 0.29) is 24.2 Å². The lowest BCUT2D eigenvalue weighted by molar-refractivity contribution is -0.157. The second kappa shape index (κ2) is 11.7. The van der Waals surface area contributed by atoms with E-state index in [0.29, 0.717) is 25.1 Å². The number of benzene rings is 1. The van der Waals surface area contributed by atoms with Crippen molar-refractivity contribution in [1.82, 2.24) is 26.1 Å². The predicted molar refractivity (Wildman–Crippen MR) is 142 cm³/mol. The third kappa shape index (κ3) is 6.36. The van der Waals surface area contributed by atoms with E-state index in [4.69, 9.17) is 4.74 Å². The van der Waals surface area contributed by atoms with Gasteiger partial charge in [0.15, 0.2) is 0 Å². The number of carbonyl (C=O) groups excluding carboxylic acids is 4. The summed E-state index contributed by atoms with van der Waals surface area (Å²) in [5.74, 6) is -1.77. The summed E-state index contributed by atoms with van der Waals surface area (Å²) >= 11 is 0. The Morgan fingerprint density at radius 3 is 2.61 bits per heavy atom. The van der Waals surface area contributed by atoms with Crippen LogP contribution in [-0.4, -0.2) is 58.4 Å². The van der Waals surface area contributed by atoms with Crippen LogP contribution >= 0.6 is 0 Å². The Labute approximate surface area is 222 Å². The average molecular weight is 522 g/mol. The number of carbonyl (C=O) groups is 4. The summed E-state index contributed by atoms with van der Waals surface area (Å²) in [4.78, 5) is 56.1. The topological polar surface area (TPSA) is 130 Å². The molecule has 1 aromatic heterocycles. The number of pyridine rings is 1. The molecule has 0 saturated carbocycles. The van der Waals surface area contributed by atoms with Crippen molar-refractivity contribution in [3.05, 3.63) is 47.8 Å². The minimum atomic E-state index is -0.861. The standard InChI is InChI=1S/C28H35N5O5/c1-16(2)25-26(35)30-17(3)27(36)33-12-6-8-23(32-33)28(37)38-18(4)19-10-11-20-15-29-22(14-21(20)13-19)7-5-9-24(34)31-25/h5,7,10-11,13-18,23,25,32H,6,8-9,12H2,1-4H3,(H,30,35)(H,31,34)/b7-5-/t17-,18+,23-,25?/m0/s1. The molecule has 1 fully saturated rings. The van der Waals surface area contributed by atoms with Crippen molar-refractivity contribution in [3.8, 4) is 0 Å². The molecule has 202 valence electrons. The van der Waals surface area contributed by atoms with Gasteiger partial charge in [0.05, 0.1) is 5.69 Å². The molecule has 1 saturated heterocycles. The zero-order chi connectivity index (χ0) is 27.4. The molecule has 3 amide bonds. The average Bonchev–Trinajstić information content (AvgIpc) is 2.90. The predicted octanol–water partition coefficient (Wildman–Crippen LogP) is 2.40. The number of hydrogen-bond acceptors (Lipinski definition) is 7. The number of cyclic esters (lactones) is 1. The van der Waals surface area contributed by atoms with E-state index in [0.717, 1.165) is 16.3 Å². The van der Waals surface area contributed by atoms with Crippen LogP contribution in [0.3, 0.4) is 0 Å². The first-order valence-corrected chi connectivity index (χ1v) is 13.1. The van der Waals surface area contributed by atoms with Crippen molar-refractivity contribution < 1.29 is 23.9 Å². The van der Waals surface area contributed by atoms with E-state index in [9.17, 15) is 19.2 Å². The third-order valence-corrected chi connectivity index (χ3v) is 6.85. The fourth-order valence-electron chi connectivity index (χ4n) is 4.61. The molecule has 2 aromatic rings. The molecule has 1 unspecified atom stereocenters. The van der Waals surface area contributed by atoms with Gasteiger partial charge in [-0.15, -0.1) is 0 Å². The van der Waals surface area contributed by atoms with Gasteiger partial charge in [0, 0.05) is 24.5 Å². The van der Waals surface area contributed by atoms with Crippen LogP contribution in [-0.2, 0) is 23.9 Å². The number of esters is 1. The molecule has 10 nitrogen and oxygen atoms in total. The summed E-state index contributed by atoms with van der Waals surface area (Å²) in [5, 5.41) is 8.71. The molecule has 3 heterocycles. The fraction of sp³-hybridized carbons (Fsp3) is 0.464. The van der Waals surface area contributed by atoms with Gasteiger partial charge in [-0.25, -0.2) is 5.43 Å². The Balaban J connectivity index is 1.64. The summed E-state index contributed by atoms with van der Waals surface area (Å²) < 4.78 is 5.77. The first-order chi connectivity index (χ1) is 18.1. The number of nitrogens with zero attached hydrogens (tertiary/aromatic N) is 2. The van der Waals surface area contributed by atoms with Crippen molar-refractivity contribution in [1.29, 1.82) is 0 Å². The molecule has 2 aliphatic heterocycles. The third-order valence-electron chi connectivity index (χ3n) is 6.85. The summed E-state index contributed by atoms with van der Waals surface area (Å²) in [7, 11) is 0. The molecule has 3 N–H and O–H groups in total. The lowest BCUT2D eigenvalue weighted by Crippen LogP contribution is -2.61. The van der Waals surface area contributed by atoms with E-state index in [2.05, 4.69) is 21.0 Å². The van der Waals surface area contributed by atoms with Crippen LogP contribution < -0.4 is 16.1 Å². The molecule has 5 bridgehead atoms. The van der Waals surface area contributed by atoms with Crippen LogP contribution in [0.15, 0.2) is 36.5 Å². The van der Waals surface area contributed by atoms with E-state index < -0.39 is 36.1 Å². The van der Waals surface area contributed by atoms with Gasteiger partial charge < -0.3 is 15.4 Å². The van der Waals surface area contributed by atoms with E-state index in [1.165, 1.54) is 5.01 Å². The molecule has 0 radical (unpaired) electrons. The zero-order valence-electron chi connectivity index (χ0n) is 22.2. The van der Waals surface area contributed by atoms with Crippen LogP contribution in [0, 0.1) is 5.92 Å². The number of nitrogens with one attached hydrogen (secondary N) is 3. The van der Waals surface area contributed by atoms with Gasteiger partial charge in [-0.3, -0.25) is 29.2 Å². The van der Waals surface area contributed by atoms with Gasteiger partial charge in [0.1, 0.15) is 24.2 Å². The van der Waals surface area contributed by atoms with Gasteiger partial charge in [0.25, 0.3) is 5.91 Å². The smallest absolute Gasteiger partial charge is 0.325 e. The number of hydrogen-bond donors (Lipinski definition) is 3. The summed E-state index contributed by atoms with van der Waals surface area (Å²) in [6, 6.07) is 5.33. The number of aromatic nitrogens is 1. The largest absolute Gasteiger partial charge is 0.457 e. The number of fused-ring (bicyclic) bond motifs is 4. The molecule has 1 aromatic carbocycles. The first kappa shape index (κ1) is 27.3. The van der Waals surface area contributed by atoms with Gasteiger partial charge in [-0.2, -0.15) is 0 Å². The Morgan fingerprint density at radius 2 is 1.84 bits per heavy atom. The minimum Gasteiger partial charge on any atom is -0.457 e. The van der Waals surface area contributed by atoms with E-state index >= 15 is 0 Å². The Morgan fingerprint density at radius 1 is 1.05 bits per heavy atom. The molecule has 4 atom stereocenters. The van der Waals surface area contributed by atoms with E-state index in [1.807, 2.05) is 45.0 Å². The maximum atomic E-state index is 13.1. The molecule has 38 heavy (non-hydrogen) atoms. The molecule has 0 aliphatic carbocycles. The van der Waals surface area contributed by atoms with Gasteiger partial charge in [-0.05, 0) is 61.8 Å². The van der Waals surface area contributed by atoms with Crippen LogP contribution in [0.25, 0.3) is 16.8 Å². The highest BCUT2D eigenvalue weighted by Crippen LogP contribution is 2.24. The molecule has 10 heteroatoms.